The van der Waals surface area contributed by atoms with Gasteiger partial charge in [-0.2, -0.15) is 5.26 Å². The predicted molar refractivity (Wildman–Crippen MR) is 44.9 cm³/mol. The van der Waals surface area contributed by atoms with Crippen molar-refractivity contribution in [3.8, 4) is 6.07 Å². The first kappa shape index (κ1) is 9.42. The van der Waals surface area contributed by atoms with E-state index in [2.05, 4.69) is 4.98 Å². The summed E-state index contributed by atoms with van der Waals surface area (Å²) < 4.78 is 1.31. The summed E-state index contributed by atoms with van der Waals surface area (Å²) in [5.74, 6) is 0. The van der Waals surface area contributed by atoms with Crippen LogP contribution in [0.25, 0.3) is 0 Å². The summed E-state index contributed by atoms with van der Waals surface area (Å²) in [4.78, 5) is 15.1. The lowest BCUT2D eigenvalue weighted by molar-refractivity contribution is 0.278. The fourth-order valence-electron chi connectivity index (χ4n) is 0.928. The quantitative estimate of drug-likeness (QED) is 0.678. The second-order valence-corrected chi connectivity index (χ2v) is 2.49. The van der Waals surface area contributed by atoms with Crippen molar-refractivity contribution in [2.45, 2.75) is 13.0 Å². The van der Waals surface area contributed by atoms with Gasteiger partial charge in [0.15, 0.2) is 0 Å². The maximum Gasteiger partial charge on any atom is 0.271 e. The van der Waals surface area contributed by atoms with Gasteiger partial charge in [0.05, 0.1) is 12.5 Å². The lowest BCUT2D eigenvalue weighted by Crippen LogP contribution is -2.23. The Bertz CT molecular complexity index is 378. The molecule has 0 saturated carbocycles. The highest BCUT2D eigenvalue weighted by atomic mass is 16.3. The molecular weight excluding hydrogens is 170 g/mol. The molecule has 0 fully saturated rings. The number of rotatable bonds is 3. The minimum absolute atomic E-state index is 0.0171. The van der Waals surface area contributed by atoms with Crippen LogP contribution in [0.1, 0.15) is 12.0 Å². The van der Waals surface area contributed by atoms with Crippen molar-refractivity contribution in [2.75, 3.05) is 6.61 Å². The van der Waals surface area contributed by atoms with Crippen molar-refractivity contribution in [2.24, 2.45) is 0 Å². The Balaban J connectivity index is 2.97. The van der Waals surface area contributed by atoms with E-state index in [-0.39, 0.29) is 17.7 Å². The van der Waals surface area contributed by atoms with Gasteiger partial charge in [0.2, 0.25) is 0 Å². The standard InChI is InChI=1S/C8H9N3O2/c9-4-7-5-10-6-11(8(7)13)2-1-3-12/h5-6,12H,1-3H2. The minimum Gasteiger partial charge on any atom is -0.396 e. The smallest absolute Gasteiger partial charge is 0.271 e. The summed E-state index contributed by atoms with van der Waals surface area (Å²) in [5, 5.41) is 17.1. The van der Waals surface area contributed by atoms with Crippen molar-refractivity contribution in [1.29, 1.82) is 5.26 Å². The zero-order chi connectivity index (χ0) is 9.68. The first-order valence-corrected chi connectivity index (χ1v) is 3.85. The van der Waals surface area contributed by atoms with E-state index in [0.29, 0.717) is 13.0 Å². The molecule has 0 amide bonds. The normalized spacial score (nSPS) is 9.54. The van der Waals surface area contributed by atoms with Crippen LogP contribution in [0, 0.1) is 11.3 Å². The van der Waals surface area contributed by atoms with Crippen LogP contribution in [0.15, 0.2) is 17.3 Å². The Morgan fingerprint density at radius 2 is 2.46 bits per heavy atom. The van der Waals surface area contributed by atoms with Crippen LogP contribution in [-0.2, 0) is 6.54 Å². The third-order valence-corrected chi connectivity index (χ3v) is 1.58. The summed E-state index contributed by atoms with van der Waals surface area (Å²) in [6.07, 6.45) is 3.08. The molecule has 0 unspecified atom stereocenters. The number of nitriles is 1. The first-order valence-electron chi connectivity index (χ1n) is 3.85. The maximum atomic E-state index is 11.3. The van der Waals surface area contributed by atoms with Gasteiger partial charge in [0.1, 0.15) is 11.6 Å². The highest BCUT2D eigenvalue weighted by Crippen LogP contribution is 1.87. The van der Waals surface area contributed by atoms with E-state index in [1.807, 2.05) is 0 Å². The average molecular weight is 179 g/mol. The number of nitrogens with zero attached hydrogens (tertiary/aromatic N) is 3. The summed E-state index contributed by atoms with van der Waals surface area (Å²) >= 11 is 0. The number of aliphatic hydroxyl groups is 1. The molecule has 0 aliphatic rings. The molecule has 1 heterocycles. The van der Waals surface area contributed by atoms with E-state index in [4.69, 9.17) is 10.4 Å². The zero-order valence-corrected chi connectivity index (χ0v) is 6.97. The molecule has 0 radical (unpaired) electrons. The fraction of sp³-hybridized carbons (Fsp3) is 0.375. The third-order valence-electron chi connectivity index (χ3n) is 1.58. The van der Waals surface area contributed by atoms with Crippen LogP contribution < -0.4 is 5.56 Å². The van der Waals surface area contributed by atoms with Crippen molar-refractivity contribution in [1.82, 2.24) is 9.55 Å². The number of hydrogen-bond donors (Lipinski definition) is 1. The van der Waals surface area contributed by atoms with Gasteiger partial charge in [0, 0.05) is 13.2 Å². The van der Waals surface area contributed by atoms with E-state index in [1.54, 1.807) is 6.07 Å². The molecule has 0 atom stereocenters. The summed E-state index contributed by atoms with van der Waals surface area (Å²) in [6, 6.07) is 1.75. The lowest BCUT2D eigenvalue weighted by Gasteiger charge is -2.01. The Morgan fingerprint density at radius 1 is 1.69 bits per heavy atom. The van der Waals surface area contributed by atoms with E-state index >= 15 is 0 Å². The molecule has 0 saturated heterocycles. The van der Waals surface area contributed by atoms with Crippen molar-refractivity contribution >= 4 is 0 Å². The van der Waals surface area contributed by atoms with Crippen molar-refractivity contribution in [3.05, 3.63) is 28.4 Å². The van der Waals surface area contributed by atoms with Gasteiger partial charge < -0.3 is 5.11 Å². The SMILES string of the molecule is N#Cc1cncn(CCCO)c1=O. The maximum absolute atomic E-state index is 11.3. The van der Waals surface area contributed by atoms with Crippen LogP contribution in [0.2, 0.25) is 0 Å². The molecule has 13 heavy (non-hydrogen) atoms. The van der Waals surface area contributed by atoms with Crippen LogP contribution in [-0.4, -0.2) is 21.3 Å². The summed E-state index contributed by atoms with van der Waals surface area (Å²) in [6.45, 7) is 0.404. The highest BCUT2D eigenvalue weighted by Gasteiger charge is 2.01. The van der Waals surface area contributed by atoms with Gasteiger partial charge in [-0.05, 0) is 6.42 Å². The lowest BCUT2D eigenvalue weighted by atomic mass is 10.3. The molecular formula is C8H9N3O2. The minimum atomic E-state index is -0.356. The van der Waals surface area contributed by atoms with Gasteiger partial charge in [-0.1, -0.05) is 0 Å². The van der Waals surface area contributed by atoms with Crippen LogP contribution in [0.4, 0.5) is 0 Å². The van der Waals surface area contributed by atoms with Crippen LogP contribution >= 0.6 is 0 Å². The van der Waals surface area contributed by atoms with E-state index < -0.39 is 0 Å². The Kier molecular flexibility index (Phi) is 3.17. The molecule has 0 aromatic carbocycles. The molecule has 68 valence electrons. The van der Waals surface area contributed by atoms with E-state index in [0.717, 1.165) is 0 Å². The summed E-state index contributed by atoms with van der Waals surface area (Å²) in [7, 11) is 0. The molecule has 1 N–H and O–H groups in total. The molecule has 0 bridgehead atoms. The average Bonchev–Trinajstić information content (AvgIpc) is 2.16. The second kappa shape index (κ2) is 4.38. The molecule has 0 aliphatic heterocycles. The number of aryl methyl sites for hydroxylation is 1. The molecule has 0 spiro atoms. The van der Waals surface area contributed by atoms with Crippen LogP contribution in [0.3, 0.4) is 0 Å². The van der Waals surface area contributed by atoms with Gasteiger partial charge >= 0.3 is 0 Å². The van der Waals surface area contributed by atoms with E-state index in [9.17, 15) is 4.79 Å². The zero-order valence-electron chi connectivity index (χ0n) is 6.97. The van der Waals surface area contributed by atoms with Gasteiger partial charge in [-0.25, -0.2) is 4.98 Å². The number of aliphatic hydroxyl groups excluding tert-OH is 1. The van der Waals surface area contributed by atoms with Crippen LogP contribution in [0.5, 0.6) is 0 Å². The van der Waals surface area contributed by atoms with Gasteiger partial charge in [-0.3, -0.25) is 9.36 Å². The Labute approximate surface area is 74.9 Å². The molecule has 5 nitrogen and oxygen atoms in total. The Morgan fingerprint density at radius 3 is 3.08 bits per heavy atom. The molecule has 5 heteroatoms. The molecule has 1 aromatic rings. The van der Waals surface area contributed by atoms with Gasteiger partial charge in [-0.15, -0.1) is 0 Å². The van der Waals surface area contributed by atoms with Crippen molar-refractivity contribution in [3.63, 3.8) is 0 Å². The highest BCUT2D eigenvalue weighted by molar-refractivity contribution is 5.21. The number of aromatic nitrogens is 2. The molecule has 1 rings (SSSR count). The monoisotopic (exact) mass is 179 g/mol. The molecule has 1 aromatic heterocycles. The summed E-state index contributed by atoms with van der Waals surface area (Å²) in [5.41, 5.74) is -0.327. The van der Waals surface area contributed by atoms with Gasteiger partial charge in [0.25, 0.3) is 5.56 Å². The largest absolute Gasteiger partial charge is 0.396 e. The molecule has 0 aliphatic carbocycles. The topological polar surface area (TPSA) is 78.9 Å². The third kappa shape index (κ3) is 2.13. The first-order chi connectivity index (χ1) is 6.29. The second-order valence-electron chi connectivity index (χ2n) is 2.49. The van der Waals surface area contributed by atoms with Crippen molar-refractivity contribution < 1.29 is 5.11 Å². The predicted octanol–water partition coefficient (Wildman–Crippen LogP) is -0.503. The Hall–Kier alpha value is -1.67. The van der Waals surface area contributed by atoms with E-state index in [1.165, 1.54) is 17.1 Å². The fourth-order valence-corrected chi connectivity index (χ4v) is 0.928. The number of hydrogen-bond acceptors (Lipinski definition) is 4.